The van der Waals surface area contributed by atoms with Crippen LogP contribution >= 0.6 is 11.3 Å². The van der Waals surface area contributed by atoms with Gasteiger partial charge in [-0.1, -0.05) is 18.2 Å². The van der Waals surface area contributed by atoms with Crippen LogP contribution in [0.1, 0.15) is 25.6 Å². The van der Waals surface area contributed by atoms with Gasteiger partial charge in [-0.05, 0) is 48.2 Å². The number of thiophene rings is 1. The summed E-state index contributed by atoms with van der Waals surface area (Å²) >= 11 is 1.40. The molecule has 0 saturated carbocycles. The second-order valence-electron chi connectivity index (χ2n) is 5.19. The molecule has 1 aromatic heterocycles. The molecule has 6 heteroatoms. The third-order valence-corrected chi connectivity index (χ3v) is 4.96. The average Bonchev–Trinajstić information content (AvgIpc) is 2.96. The topological polar surface area (TPSA) is 67.4 Å². The van der Waals surface area contributed by atoms with Crippen molar-refractivity contribution >= 4 is 33.2 Å². The molecule has 2 aromatic carbocycles. The number of carbonyl (C=O) groups excluding carboxylic acids is 2. The smallest absolute Gasteiger partial charge is 0.280 e. The number of hydrogen-bond acceptors (Lipinski definition) is 4. The summed E-state index contributed by atoms with van der Waals surface area (Å²) in [6.07, 6.45) is 0. The largest absolute Gasteiger partial charge is 0.497 e. The quantitative estimate of drug-likeness (QED) is 0.719. The van der Waals surface area contributed by atoms with Gasteiger partial charge in [-0.3, -0.25) is 20.4 Å². The summed E-state index contributed by atoms with van der Waals surface area (Å²) in [7, 11) is 1.56. The molecule has 24 heavy (non-hydrogen) atoms. The molecule has 0 aliphatic carbocycles. The molecule has 2 amide bonds. The molecule has 0 unspecified atom stereocenters. The SMILES string of the molecule is COc1ccc(C(=O)NNC(=O)c2sc3ccccc3c2C)cc1. The van der Waals surface area contributed by atoms with E-state index in [2.05, 4.69) is 10.9 Å². The molecule has 0 fully saturated rings. The van der Waals surface area contributed by atoms with Crippen LogP contribution in [-0.4, -0.2) is 18.9 Å². The minimum absolute atomic E-state index is 0.324. The van der Waals surface area contributed by atoms with Crippen molar-refractivity contribution in [1.82, 2.24) is 10.9 Å². The van der Waals surface area contributed by atoms with Crippen molar-refractivity contribution in [2.75, 3.05) is 7.11 Å². The average molecular weight is 340 g/mol. The Balaban J connectivity index is 1.69. The molecular weight excluding hydrogens is 324 g/mol. The Labute approximate surface area is 143 Å². The molecule has 0 radical (unpaired) electrons. The highest BCUT2D eigenvalue weighted by Crippen LogP contribution is 2.30. The zero-order valence-corrected chi connectivity index (χ0v) is 14.1. The Morgan fingerprint density at radius 3 is 2.29 bits per heavy atom. The van der Waals surface area contributed by atoms with Gasteiger partial charge in [-0.25, -0.2) is 0 Å². The van der Waals surface area contributed by atoms with Gasteiger partial charge in [-0.2, -0.15) is 0 Å². The third-order valence-electron chi connectivity index (χ3n) is 3.69. The van der Waals surface area contributed by atoms with E-state index < -0.39 is 0 Å². The molecule has 1 heterocycles. The molecule has 5 nitrogen and oxygen atoms in total. The van der Waals surface area contributed by atoms with Crippen LogP contribution in [0.4, 0.5) is 0 Å². The first-order valence-corrected chi connectivity index (χ1v) is 8.14. The maximum absolute atomic E-state index is 12.3. The summed E-state index contributed by atoms with van der Waals surface area (Å²) in [6, 6.07) is 14.5. The number of methoxy groups -OCH3 is 1. The van der Waals surface area contributed by atoms with E-state index in [1.807, 2.05) is 31.2 Å². The van der Waals surface area contributed by atoms with Crippen LogP contribution in [0.3, 0.4) is 0 Å². The number of nitrogens with one attached hydrogen (secondary N) is 2. The van der Waals surface area contributed by atoms with Gasteiger partial charge in [-0.15, -0.1) is 11.3 Å². The Kier molecular flexibility index (Phi) is 4.48. The maximum atomic E-state index is 12.3. The second kappa shape index (κ2) is 6.72. The lowest BCUT2D eigenvalue weighted by Gasteiger charge is -2.07. The van der Waals surface area contributed by atoms with Crippen molar-refractivity contribution in [3.05, 3.63) is 64.5 Å². The molecule has 3 aromatic rings. The summed E-state index contributed by atoms with van der Waals surface area (Å²) in [6.45, 7) is 1.90. The van der Waals surface area contributed by atoms with Crippen molar-refractivity contribution in [1.29, 1.82) is 0 Å². The summed E-state index contributed by atoms with van der Waals surface area (Å²) in [5, 5.41) is 1.05. The highest BCUT2D eigenvalue weighted by Gasteiger charge is 2.16. The molecule has 0 aliphatic rings. The van der Waals surface area contributed by atoms with E-state index in [0.29, 0.717) is 16.2 Å². The van der Waals surface area contributed by atoms with Crippen molar-refractivity contribution in [2.45, 2.75) is 6.92 Å². The molecule has 0 spiro atoms. The van der Waals surface area contributed by atoms with Crippen molar-refractivity contribution in [2.24, 2.45) is 0 Å². The number of ether oxygens (including phenoxy) is 1. The monoisotopic (exact) mass is 340 g/mol. The predicted molar refractivity (Wildman–Crippen MR) is 94.5 cm³/mol. The number of carbonyl (C=O) groups is 2. The van der Waals surface area contributed by atoms with E-state index >= 15 is 0 Å². The standard InChI is InChI=1S/C18H16N2O3S/c1-11-14-5-3-4-6-15(14)24-16(11)18(22)20-19-17(21)12-7-9-13(23-2)10-8-12/h3-10H,1-2H3,(H,19,21)(H,20,22). The van der Waals surface area contributed by atoms with Gasteiger partial charge in [0.1, 0.15) is 5.75 Å². The molecule has 0 bridgehead atoms. The Hall–Kier alpha value is -2.86. The zero-order valence-electron chi connectivity index (χ0n) is 13.3. The number of hydrazine groups is 1. The fourth-order valence-corrected chi connectivity index (χ4v) is 3.48. The second-order valence-corrected chi connectivity index (χ2v) is 6.24. The number of fused-ring (bicyclic) bond motifs is 1. The van der Waals surface area contributed by atoms with Gasteiger partial charge in [0.15, 0.2) is 0 Å². The molecule has 122 valence electrons. The Bertz CT molecular complexity index is 900. The lowest BCUT2D eigenvalue weighted by Crippen LogP contribution is -2.41. The molecular formula is C18H16N2O3S. The van der Waals surface area contributed by atoms with Crippen LogP contribution in [0.5, 0.6) is 5.75 Å². The Morgan fingerprint density at radius 2 is 1.62 bits per heavy atom. The van der Waals surface area contributed by atoms with Crippen molar-refractivity contribution in [3.63, 3.8) is 0 Å². The van der Waals surface area contributed by atoms with Gasteiger partial charge in [0.25, 0.3) is 11.8 Å². The fourth-order valence-electron chi connectivity index (χ4n) is 2.38. The van der Waals surface area contributed by atoms with E-state index in [1.165, 1.54) is 11.3 Å². The van der Waals surface area contributed by atoms with Crippen LogP contribution < -0.4 is 15.6 Å². The van der Waals surface area contributed by atoms with Gasteiger partial charge in [0.2, 0.25) is 0 Å². The van der Waals surface area contributed by atoms with E-state index in [4.69, 9.17) is 4.74 Å². The first-order chi connectivity index (χ1) is 11.6. The van der Waals surface area contributed by atoms with E-state index in [1.54, 1.807) is 31.4 Å². The Morgan fingerprint density at radius 1 is 0.958 bits per heavy atom. The molecule has 0 saturated heterocycles. The highest BCUT2D eigenvalue weighted by atomic mass is 32.1. The minimum Gasteiger partial charge on any atom is -0.497 e. The van der Waals surface area contributed by atoms with Crippen LogP contribution in [-0.2, 0) is 0 Å². The summed E-state index contributed by atoms with van der Waals surface area (Å²) in [5.41, 5.74) is 6.25. The lowest BCUT2D eigenvalue weighted by atomic mass is 10.1. The van der Waals surface area contributed by atoms with Gasteiger partial charge < -0.3 is 4.74 Å². The summed E-state index contributed by atoms with van der Waals surface area (Å²) in [4.78, 5) is 25.0. The van der Waals surface area contributed by atoms with Crippen LogP contribution in [0, 0.1) is 6.92 Å². The summed E-state index contributed by atoms with van der Waals surface area (Å²) < 4.78 is 6.09. The molecule has 0 atom stereocenters. The maximum Gasteiger partial charge on any atom is 0.280 e. The van der Waals surface area contributed by atoms with E-state index in [0.717, 1.165) is 15.6 Å². The molecule has 0 aliphatic heterocycles. The normalized spacial score (nSPS) is 10.4. The van der Waals surface area contributed by atoms with Gasteiger partial charge in [0.05, 0.1) is 12.0 Å². The zero-order chi connectivity index (χ0) is 17.1. The van der Waals surface area contributed by atoms with Crippen LogP contribution in [0.2, 0.25) is 0 Å². The third kappa shape index (κ3) is 3.09. The van der Waals surface area contributed by atoms with Crippen LogP contribution in [0.15, 0.2) is 48.5 Å². The number of hydrogen-bond donors (Lipinski definition) is 2. The van der Waals surface area contributed by atoms with Crippen molar-refractivity contribution in [3.8, 4) is 5.75 Å². The molecule has 3 rings (SSSR count). The number of benzene rings is 2. The number of aryl methyl sites for hydroxylation is 1. The highest BCUT2D eigenvalue weighted by molar-refractivity contribution is 7.21. The predicted octanol–water partition coefficient (Wildman–Crippen LogP) is 3.29. The van der Waals surface area contributed by atoms with E-state index in [9.17, 15) is 9.59 Å². The van der Waals surface area contributed by atoms with E-state index in [-0.39, 0.29) is 11.8 Å². The number of amides is 2. The number of rotatable bonds is 3. The lowest BCUT2D eigenvalue weighted by molar-refractivity contribution is 0.0848. The molecule has 2 N–H and O–H groups in total. The van der Waals surface area contributed by atoms with Crippen LogP contribution in [0.25, 0.3) is 10.1 Å². The van der Waals surface area contributed by atoms with Crippen molar-refractivity contribution < 1.29 is 14.3 Å². The summed E-state index contributed by atoms with van der Waals surface area (Å²) in [5.74, 6) is -0.0446. The fraction of sp³-hybridized carbons (Fsp3) is 0.111. The minimum atomic E-state index is -0.384. The first kappa shape index (κ1) is 16.0. The van der Waals surface area contributed by atoms with Gasteiger partial charge >= 0.3 is 0 Å². The first-order valence-electron chi connectivity index (χ1n) is 7.33. The van der Waals surface area contributed by atoms with Gasteiger partial charge in [0, 0.05) is 10.3 Å².